The van der Waals surface area contributed by atoms with Crippen molar-refractivity contribution in [3.05, 3.63) is 23.9 Å². The molecule has 104 valence electrons. The minimum atomic E-state index is -0.796. The maximum Gasteiger partial charge on any atom is 0.311 e. The lowest BCUT2D eigenvalue weighted by molar-refractivity contribution is -0.141. The Balaban J connectivity index is 2.24. The SMILES string of the molecule is CCCN(c1ccc(C)cn1)C1COCC1C(=O)O. The Morgan fingerprint density at radius 3 is 2.89 bits per heavy atom. The van der Waals surface area contributed by atoms with Crippen LogP contribution in [0.5, 0.6) is 0 Å². The molecular formula is C14H20N2O3. The lowest BCUT2D eigenvalue weighted by Gasteiger charge is -2.31. The highest BCUT2D eigenvalue weighted by atomic mass is 16.5. The third-order valence-corrected chi connectivity index (χ3v) is 3.42. The van der Waals surface area contributed by atoms with Crippen molar-refractivity contribution < 1.29 is 14.6 Å². The van der Waals surface area contributed by atoms with Gasteiger partial charge in [-0.3, -0.25) is 4.79 Å². The fraction of sp³-hybridized carbons (Fsp3) is 0.571. The number of carboxylic acid groups (broad SMARTS) is 1. The molecule has 5 nitrogen and oxygen atoms in total. The predicted octanol–water partition coefficient (Wildman–Crippen LogP) is 1.71. The topological polar surface area (TPSA) is 62.7 Å². The first-order valence-corrected chi connectivity index (χ1v) is 6.63. The Kier molecular flexibility index (Phi) is 4.37. The lowest BCUT2D eigenvalue weighted by atomic mass is 10.0. The van der Waals surface area contributed by atoms with E-state index >= 15 is 0 Å². The number of hydrogen-bond donors (Lipinski definition) is 1. The van der Waals surface area contributed by atoms with Gasteiger partial charge in [0.25, 0.3) is 0 Å². The van der Waals surface area contributed by atoms with Crippen molar-refractivity contribution in [2.75, 3.05) is 24.7 Å². The van der Waals surface area contributed by atoms with Crippen molar-refractivity contribution in [1.82, 2.24) is 4.98 Å². The van der Waals surface area contributed by atoms with Gasteiger partial charge in [0.05, 0.1) is 19.3 Å². The summed E-state index contributed by atoms with van der Waals surface area (Å²) in [5.74, 6) is -0.445. The quantitative estimate of drug-likeness (QED) is 0.877. The lowest BCUT2D eigenvalue weighted by Crippen LogP contribution is -2.44. The number of ether oxygens (including phenoxy) is 1. The largest absolute Gasteiger partial charge is 0.481 e. The summed E-state index contributed by atoms with van der Waals surface area (Å²) in [5, 5.41) is 9.26. The molecule has 0 aliphatic carbocycles. The number of nitrogens with zero attached hydrogens (tertiary/aromatic N) is 2. The number of anilines is 1. The second-order valence-electron chi connectivity index (χ2n) is 4.94. The summed E-state index contributed by atoms with van der Waals surface area (Å²) in [4.78, 5) is 17.8. The predicted molar refractivity (Wildman–Crippen MR) is 72.3 cm³/mol. The maximum atomic E-state index is 11.3. The first kappa shape index (κ1) is 13.8. The molecule has 2 rings (SSSR count). The monoisotopic (exact) mass is 264 g/mol. The average Bonchev–Trinajstić information content (AvgIpc) is 2.86. The summed E-state index contributed by atoms with van der Waals surface area (Å²) in [6.07, 6.45) is 2.75. The standard InChI is InChI=1S/C14H20N2O3/c1-3-6-16(13-5-4-10(2)7-15-13)12-9-19-8-11(12)14(17)18/h4-5,7,11-12H,3,6,8-9H2,1-2H3,(H,17,18). The highest BCUT2D eigenvalue weighted by Gasteiger charge is 2.38. The molecule has 0 aromatic carbocycles. The second kappa shape index (κ2) is 6.02. The van der Waals surface area contributed by atoms with Gasteiger partial charge in [0.1, 0.15) is 11.7 Å². The third kappa shape index (κ3) is 3.04. The van der Waals surface area contributed by atoms with E-state index in [0.717, 1.165) is 24.3 Å². The molecule has 1 aromatic heterocycles. The van der Waals surface area contributed by atoms with E-state index in [9.17, 15) is 9.90 Å². The molecule has 0 radical (unpaired) electrons. The van der Waals surface area contributed by atoms with Crippen molar-refractivity contribution in [3.63, 3.8) is 0 Å². The minimum absolute atomic E-state index is 0.132. The molecule has 1 aromatic rings. The van der Waals surface area contributed by atoms with Crippen molar-refractivity contribution in [2.24, 2.45) is 5.92 Å². The molecular weight excluding hydrogens is 244 g/mol. The maximum absolute atomic E-state index is 11.3. The number of carbonyl (C=O) groups is 1. The van der Waals surface area contributed by atoms with Crippen molar-refractivity contribution in [1.29, 1.82) is 0 Å². The van der Waals surface area contributed by atoms with Crippen LogP contribution in [0.3, 0.4) is 0 Å². The molecule has 0 spiro atoms. The van der Waals surface area contributed by atoms with E-state index in [1.54, 1.807) is 0 Å². The Labute approximate surface area is 113 Å². The first-order chi connectivity index (χ1) is 9.13. The van der Waals surface area contributed by atoms with Crippen LogP contribution in [-0.2, 0) is 9.53 Å². The summed E-state index contributed by atoms with van der Waals surface area (Å²) in [6.45, 7) is 5.58. The zero-order valence-corrected chi connectivity index (χ0v) is 11.4. The number of rotatable bonds is 5. The first-order valence-electron chi connectivity index (χ1n) is 6.63. The van der Waals surface area contributed by atoms with E-state index in [1.165, 1.54) is 0 Å². The van der Waals surface area contributed by atoms with Crippen molar-refractivity contribution >= 4 is 11.8 Å². The summed E-state index contributed by atoms with van der Waals surface area (Å²) < 4.78 is 5.35. The molecule has 0 bridgehead atoms. The van der Waals surface area contributed by atoms with E-state index in [-0.39, 0.29) is 12.6 Å². The van der Waals surface area contributed by atoms with Gasteiger partial charge >= 0.3 is 5.97 Å². The van der Waals surface area contributed by atoms with Crippen LogP contribution in [0, 0.1) is 12.8 Å². The van der Waals surface area contributed by atoms with Gasteiger partial charge in [-0.15, -0.1) is 0 Å². The number of aliphatic carboxylic acids is 1. The van der Waals surface area contributed by atoms with Crippen molar-refractivity contribution in [3.8, 4) is 0 Å². The summed E-state index contributed by atoms with van der Waals surface area (Å²) in [5.41, 5.74) is 1.10. The Hall–Kier alpha value is -1.62. The second-order valence-corrected chi connectivity index (χ2v) is 4.94. The van der Waals surface area contributed by atoms with E-state index < -0.39 is 11.9 Å². The highest BCUT2D eigenvalue weighted by Crippen LogP contribution is 2.25. The number of carboxylic acids is 1. The Bertz CT molecular complexity index is 433. The summed E-state index contributed by atoms with van der Waals surface area (Å²) in [6, 6.07) is 3.81. The zero-order valence-electron chi connectivity index (χ0n) is 11.4. The molecule has 1 N–H and O–H groups in total. The van der Waals surface area contributed by atoms with Crippen LogP contribution in [-0.4, -0.2) is 41.9 Å². The van der Waals surface area contributed by atoms with Crippen LogP contribution in [0.2, 0.25) is 0 Å². The summed E-state index contributed by atoms with van der Waals surface area (Å²) in [7, 11) is 0. The minimum Gasteiger partial charge on any atom is -0.481 e. The van der Waals surface area contributed by atoms with Crippen LogP contribution in [0.25, 0.3) is 0 Å². The number of pyridine rings is 1. The smallest absolute Gasteiger partial charge is 0.311 e. The van der Waals surface area contributed by atoms with E-state index in [1.807, 2.05) is 25.3 Å². The van der Waals surface area contributed by atoms with Gasteiger partial charge in [0.2, 0.25) is 0 Å². The molecule has 5 heteroatoms. The number of hydrogen-bond acceptors (Lipinski definition) is 4. The third-order valence-electron chi connectivity index (χ3n) is 3.42. The van der Waals surface area contributed by atoms with Crippen molar-refractivity contribution in [2.45, 2.75) is 26.3 Å². The molecule has 19 heavy (non-hydrogen) atoms. The normalized spacial score (nSPS) is 22.4. The van der Waals surface area contributed by atoms with Crippen LogP contribution >= 0.6 is 0 Å². The van der Waals surface area contributed by atoms with Gasteiger partial charge in [-0.05, 0) is 25.0 Å². The molecule has 1 fully saturated rings. The fourth-order valence-corrected chi connectivity index (χ4v) is 2.41. The zero-order chi connectivity index (χ0) is 13.8. The molecule has 0 saturated carbocycles. The van der Waals surface area contributed by atoms with E-state index in [0.29, 0.717) is 6.61 Å². The number of aromatic nitrogens is 1. The Morgan fingerprint density at radius 2 is 2.32 bits per heavy atom. The van der Waals surface area contributed by atoms with Gasteiger partial charge in [-0.2, -0.15) is 0 Å². The molecule has 1 saturated heterocycles. The van der Waals surface area contributed by atoms with Gasteiger partial charge in [0.15, 0.2) is 0 Å². The highest BCUT2D eigenvalue weighted by molar-refractivity contribution is 5.72. The number of aryl methyl sites for hydroxylation is 1. The van der Waals surface area contributed by atoms with Crippen LogP contribution in [0.15, 0.2) is 18.3 Å². The van der Waals surface area contributed by atoms with E-state index in [4.69, 9.17) is 4.74 Å². The van der Waals surface area contributed by atoms with E-state index in [2.05, 4.69) is 16.8 Å². The molecule has 1 aliphatic heterocycles. The molecule has 0 amide bonds. The Morgan fingerprint density at radius 1 is 1.53 bits per heavy atom. The van der Waals surface area contributed by atoms with Gasteiger partial charge < -0.3 is 14.7 Å². The van der Waals surface area contributed by atoms with Gasteiger partial charge in [0, 0.05) is 12.7 Å². The van der Waals surface area contributed by atoms with Crippen LogP contribution in [0.4, 0.5) is 5.82 Å². The van der Waals surface area contributed by atoms with Gasteiger partial charge in [-0.25, -0.2) is 4.98 Å². The average molecular weight is 264 g/mol. The van der Waals surface area contributed by atoms with Gasteiger partial charge in [-0.1, -0.05) is 13.0 Å². The van der Waals surface area contributed by atoms with Crippen LogP contribution < -0.4 is 4.90 Å². The molecule has 2 unspecified atom stereocenters. The van der Waals surface area contributed by atoms with Crippen LogP contribution in [0.1, 0.15) is 18.9 Å². The summed E-state index contributed by atoms with van der Waals surface area (Å²) >= 11 is 0. The molecule has 2 atom stereocenters. The molecule has 2 heterocycles. The molecule has 1 aliphatic rings. The fourth-order valence-electron chi connectivity index (χ4n) is 2.41.